The Labute approximate surface area is 260 Å². The zero-order chi connectivity index (χ0) is 30.3. The number of rotatable bonds is 6. The van der Waals surface area contributed by atoms with Crippen LogP contribution in [0.1, 0.15) is 53.2 Å². The van der Waals surface area contributed by atoms with E-state index in [4.69, 9.17) is 0 Å². The van der Waals surface area contributed by atoms with Crippen molar-refractivity contribution in [2.75, 3.05) is 10.6 Å². The summed E-state index contributed by atoms with van der Waals surface area (Å²) in [5.74, 6) is -1.70. The summed E-state index contributed by atoms with van der Waals surface area (Å²) in [6.45, 7) is 6.15. The molecular formula is C36H34BrN3O3. The van der Waals surface area contributed by atoms with Gasteiger partial charge in [-0.1, -0.05) is 109 Å². The van der Waals surface area contributed by atoms with Crippen LogP contribution < -0.4 is 10.6 Å². The number of carbonyl (C=O) groups excluding carboxylic acids is 3. The number of para-hydroxylation sites is 1. The van der Waals surface area contributed by atoms with Crippen molar-refractivity contribution < 1.29 is 14.4 Å². The molecular weight excluding hydrogens is 602 g/mol. The first-order valence-corrected chi connectivity index (χ1v) is 15.4. The van der Waals surface area contributed by atoms with Gasteiger partial charge in [-0.3, -0.25) is 9.59 Å². The number of Topliss-reactive ketones (excluding diaryl/α,β-unsaturated/α-hetero) is 1. The number of nitrogens with zero attached hydrogens (tertiary/aromatic N) is 1. The number of amides is 3. The maximum atomic E-state index is 14.9. The lowest BCUT2D eigenvalue weighted by Crippen LogP contribution is -2.57. The number of hydrogen-bond donors (Lipinski definition) is 2. The minimum absolute atomic E-state index is 0.169. The molecule has 6 rings (SSSR count). The third-order valence-corrected chi connectivity index (χ3v) is 9.26. The molecule has 0 aromatic heterocycles. The molecule has 2 aliphatic heterocycles. The van der Waals surface area contributed by atoms with Crippen molar-refractivity contribution >= 4 is 45.0 Å². The van der Waals surface area contributed by atoms with E-state index in [1.807, 2.05) is 97.9 Å². The van der Waals surface area contributed by atoms with Gasteiger partial charge in [0.25, 0.3) is 5.91 Å². The summed E-state index contributed by atoms with van der Waals surface area (Å²) in [6.07, 6.45) is 0.595. The van der Waals surface area contributed by atoms with Gasteiger partial charge in [0.2, 0.25) is 0 Å². The fourth-order valence-electron chi connectivity index (χ4n) is 7.04. The number of halogens is 1. The smallest absolute Gasteiger partial charge is 0.323 e. The molecule has 1 saturated heterocycles. The third-order valence-electron chi connectivity index (χ3n) is 8.77. The van der Waals surface area contributed by atoms with E-state index in [9.17, 15) is 14.4 Å². The van der Waals surface area contributed by atoms with Gasteiger partial charge in [-0.25, -0.2) is 4.79 Å². The molecule has 2 aliphatic rings. The Morgan fingerprint density at radius 3 is 2.26 bits per heavy atom. The summed E-state index contributed by atoms with van der Waals surface area (Å²) in [5.41, 5.74) is 2.61. The lowest BCUT2D eigenvalue weighted by molar-refractivity contribution is -0.126. The van der Waals surface area contributed by atoms with E-state index in [-0.39, 0.29) is 17.6 Å². The zero-order valence-corrected chi connectivity index (χ0v) is 26.0. The summed E-state index contributed by atoms with van der Waals surface area (Å²) in [5, 5.41) is 6.19. The number of hydrogen-bond acceptors (Lipinski definition) is 3. The van der Waals surface area contributed by atoms with Gasteiger partial charge in [0.1, 0.15) is 0 Å². The van der Waals surface area contributed by atoms with Crippen molar-refractivity contribution in [1.29, 1.82) is 0 Å². The first kappa shape index (κ1) is 28.9. The molecule has 43 heavy (non-hydrogen) atoms. The second-order valence-electron chi connectivity index (χ2n) is 11.9. The van der Waals surface area contributed by atoms with Crippen LogP contribution in [0.25, 0.3) is 0 Å². The minimum atomic E-state index is -1.60. The van der Waals surface area contributed by atoms with Crippen molar-refractivity contribution in [3.63, 3.8) is 0 Å². The summed E-state index contributed by atoms with van der Waals surface area (Å²) in [4.78, 5) is 46.0. The van der Waals surface area contributed by atoms with E-state index in [1.54, 1.807) is 17.0 Å². The lowest BCUT2D eigenvalue weighted by Gasteiger charge is -2.39. The van der Waals surface area contributed by atoms with Crippen molar-refractivity contribution in [2.45, 2.75) is 44.7 Å². The highest BCUT2D eigenvalue weighted by Crippen LogP contribution is 2.60. The highest BCUT2D eigenvalue weighted by Gasteiger charge is 2.70. The predicted octanol–water partition coefficient (Wildman–Crippen LogP) is 8.15. The molecule has 4 unspecified atom stereocenters. The first-order valence-electron chi connectivity index (χ1n) is 14.6. The van der Waals surface area contributed by atoms with Crippen molar-refractivity contribution in [3.05, 3.63) is 130 Å². The molecule has 1 spiro atoms. The first-order chi connectivity index (χ1) is 20.7. The van der Waals surface area contributed by atoms with Gasteiger partial charge in [0.05, 0.1) is 5.92 Å². The Bertz CT molecular complexity index is 1690. The number of likely N-dealkylation sites (tertiary alicyclic amines) is 1. The summed E-state index contributed by atoms with van der Waals surface area (Å²) in [6, 6.07) is 31.3. The molecule has 2 heterocycles. The molecule has 4 aromatic carbocycles. The number of nitrogens with one attached hydrogen (secondary N) is 2. The minimum Gasteiger partial charge on any atom is -0.323 e. The molecule has 0 radical (unpaired) electrons. The SMILES string of the molecule is Cc1ccccc1NC(=O)N1C(CC(C)C)C(c2ccccc2)C(C(=O)c2ccccc2)C12C(=O)Nc1ccc(Br)cc12. The second kappa shape index (κ2) is 11.5. The van der Waals surface area contributed by atoms with Crippen LogP contribution in [0, 0.1) is 18.8 Å². The molecule has 7 heteroatoms. The number of carbonyl (C=O) groups is 3. The Kier molecular flexibility index (Phi) is 7.69. The Morgan fingerprint density at radius 1 is 0.930 bits per heavy atom. The van der Waals surface area contributed by atoms with Crippen LogP contribution in [0.3, 0.4) is 0 Å². The van der Waals surface area contributed by atoms with Crippen molar-refractivity contribution in [3.8, 4) is 0 Å². The van der Waals surface area contributed by atoms with Crippen molar-refractivity contribution in [1.82, 2.24) is 4.90 Å². The molecule has 0 aliphatic carbocycles. The van der Waals surface area contributed by atoms with Crippen LogP contribution in [0.15, 0.2) is 108 Å². The van der Waals surface area contributed by atoms with Gasteiger partial charge < -0.3 is 15.5 Å². The lowest BCUT2D eigenvalue weighted by atomic mass is 9.69. The molecule has 6 nitrogen and oxygen atoms in total. The normalized spacial score (nSPS) is 22.5. The fraction of sp³-hybridized carbons (Fsp3) is 0.250. The van der Waals surface area contributed by atoms with Crippen LogP contribution in [-0.2, 0) is 10.3 Å². The number of urea groups is 1. The number of aryl methyl sites for hydroxylation is 1. The van der Waals surface area contributed by atoms with Gasteiger partial charge in [0, 0.05) is 38.9 Å². The standard InChI is InChI=1S/C36H34BrN3O3/c1-22(2)20-30-31(24-13-6-4-7-14-24)32(33(41)25-15-8-5-9-16-25)36(27-21-26(37)18-19-29(27)38-34(36)42)40(30)35(43)39-28-17-11-10-12-23(28)3/h4-19,21-22,30-32H,20H2,1-3H3,(H,38,42)(H,39,43). The van der Waals surface area contributed by atoms with Crippen molar-refractivity contribution in [2.24, 2.45) is 11.8 Å². The van der Waals surface area contributed by atoms with E-state index in [0.29, 0.717) is 28.9 Å². The molecule has 4 aromatic rings. The Hall–Kier alpha value is -4.23. The Balaban J connectivity index is 1.66. The second-order valence-corrected chi connectivity index (χ2v) is 12.8. The average Bonchev–Trinajstić information content (AvgIpc) is 3.45. The Morgan fingerprint density at radius 2 is 1.58 bits per heavy atom. The highest BCUT2D eigenvalue weighted by atomic mass is 79.9. The predicted molar refractivity (Wildman–Crippen MR) is 173 cm³/mol. The van der Waals surface area contributed by atoms with Crippen LogP contribution >= 0.6 is 15.9 Å². The number of ketones is 1. The van der Waals surface area contributed by atoms with Crippen LogP contribution in [-0.4, -0.2) is 28.7 Å². The largest absolute Gasteiger partial charge is 0.323 e. The molecule has 218 valence electrons. The highest BCUT2D eigenvalue weighted by molar-refractivity contribution is 9.10. The molecule has 0 saturated carbocycles. The van der Waals surface area contributed by atoms with E-state index < -0.39 is 29.4 Å². The van der Waals surface area contributed by atoms with Gasteiger partial charge in [-0.05, 0) is 54.7 Å². The summed E-state index contributed by atoms with van der Waals surface area (Å²) >= 11 is 3.61. The van der Waals surface area contributed by atoms with Crippen LogP contribution in [0.4, 0.5) is 16.2 Å². The van der Waals surface area contributed by atoms with Gasteiger partial charge in [-0.2, -0.15) is 0 Å². The van der Waals surface area contributed by atoms with Crippen LogP contribution in [0.5, 0.6) is 0 Å². The molecule has 3 amide bonds. The fourth-order valence-corrected chi connectivity index (χ4v) is 7.40. The number of benzene rings is 4. The van der Waals surface area contributed by atoms with E-state index in [2.05, 4.69) is 40.4 Å². The quantitative estimate of drug-likeness (QED) is 0.210. The molecule has 2 N–H and O–H groups in total. The summed E-state index contributed by atoms with van der Waals surface area (Å²) < 4.78 is 0.760. The average molecular weight is 637 g/mol. The van der Waals surface area contributed by atoms with Gasteiger partial charge >= 0.3 is 6.03 Å². The topological polar surface area (TPSA) is 78.5 Å². The summed E-state index contributed by atoms with van der Waals surface area (Å²) in [7, 11) is 0. The maximum Gasteiger partial charge on any atom is 0.323 e. The van der Waals surface area contributed by atoms with Gasteiger partial charge in [0.15, 0.2) is 11.3 Å². The van der Waals surface area contributed by atoms with Gasteiger partial charge in [-0.15, -0.1) is 0 Å². The zero-order valence-electron chi connectivity index (χ0n) is 24.4. The molecule has 4 atom stereocenters. The number of fused-ring (bicyclic) bond motifs is 2. The van der Waals surface area contributed by atoms with Crippen LogP contribution in [0.2, 0.25) is 0 Å². The molecule has 0 bridgehead atoms. The molecule has 1 fully saturated rings. The third kappa shape index (κ3) is 4.85. The van der Waals surface area contributed by atoms with E-state index in [1.165, 1.54) is 0 Å². The number of anilines is 2. The van der Waals surface area contributed by atoms with E-state index >= 15 is 0 Å². The van der Waals surface area contributed by atoms with E-state index in [0.717, 1.165) is 15.6 Å². The monoisotopic (exact) mass is 635 g/mol. The maximum absolute atomic E-state index is 14.9.